The van der Waals surface area contributed by atoms with Crippen molar-refractivity contribution in [2.45, 2.75) is 89.4 Å². The van der Waals surface area contributed by atoms with Gasteiger partial charge in [0.05, 0.1) is 28.9 Å². The molecule has 2 N–H and O–H groups in total. The van der Waals surface area contributed by atoms with E-state index in [1.54, 1.807) is 41.3 Å². The highest BCUT2D eigenvalue weighted by molar-refractivity contribution is 6.03. The third kappa shape index (κ3) is 12.0. The van der Waals surface area contributed by atoms with Gasteiger partial charge < -0.3 is 34.2 Å². The molecule has 4 aromatic carbocycles. The highest BCUT2D eigenvalue weighted by atomic mass is 19.1. The van der Waals surface area contributed by atoms with Crippen molar-refractivity contribution < 1.29 is 43.4 Å². The van der Waals surface area contributed by atoms with Crippen molar-refractivity contribution in [2.75, 3.05) is 19.8 Å². The van der Waals surface area contributed by atoms with Crippen molar-refractivity contribution in [3.63, 3.8) is 0 Å². The van der Waals surface area contributed by atoms with Gasteiger partial charge in [0.25, 0.3) is 5.69 Å². The van der Waals surface area contributed by atoms with Gasteiger partial charge >= 0.3 is 0 Å². The van der Waals surface area contributed by atoms with Gasteiger partial charge in [0.1, 0.15) is 36.6 Å². The zero-order chi connectivity index (χ0) is 49.7. The molecule has 370 valence electrons. The predicted octanol–water partition coefficient (Wildman–Crippen LogP) is 10.6. The molecule has 6 unspecified atom stereocenters. The second kappa shape index (κ2) is 23.7. The Morgan fingerprint density at radius 3 is 2.42 bits per heavy atom. The molecule has 14 heteroatoms. The van der Waals surface area contributed by atoms with Crippen molar-refractivity contribution in [1.82, 2.24) is 9.88 Å². The minimum absolute atomic E-state index is 0.00179. The lowest BCUT2D eigenvalue weighted by molar-refractivity contribution is -0.384. The third-order valence-corrected chi connectivity index (χ3v) is 13.7. The molecule has 1 fully saturated rings. The Morgan fingerprint density at radius 2 is 1.70 bits per heavy atom. The van der Waals surface area contributed by atoms with Crippen LogP contribution in [0, 0.1) is 40.6 Å². The number of halogens is 1. The molecule has 5 aromatic rings. The number of nitrogens with zero attached hydrogens (tertiary/aromatic N) is 4. The van der Waals surface area contributed by atoms with E-state index < -0.39 is 34.4 Å². The number of aromatic nitrogens is 1. The van der Waals surface area contributed by atoms with Crippen LogP contribution < -0.4 is 9.47 Å². The second-order valence-corrected chi connectivity index (χ2v) is 18.4. The minimum atomic E-state index is -1.58. The topological polar surface area (TPSA) is 166 Å². The van der Waals surface area contributed by atoms with E-state index in [1.165, 1.54) is 30.3 Å². The van der Waals surface area contributed by atoms with Crippen LogP contribution in [0.3, 0.4) is 0 Å². The summed E-state index contributed by atoms with van der Waals surface area (Å²) >= 11 is 0. The van der Waals surface area contributed by atoms with Gasteiger partial charge in [0.15, 0.2) is 0 Å². The molecule has 13 nitrogen and oxygen atoms in total. The number of aliphatic hydroxyl groups is 2. The quantitative estimate of drug-likeness (QED) is 0.0211. The summed E-state index contributed by atoms with van der Waals surface area (Å²) in [5.41, 5.74) is 6.09. The van der Waals surface area contributed by atoms with Crippen LogP contribution >= 0.6 is 0 Å². The second-order valence-electron chi connectivity index (χ2n) is 18.4. The lowest BCUT2D eigenvalue weighted by Gasteiger charge is -2.60. The number of unbranched alkanes of at least 4 members (excludes halogenated alkanes) is 2. The molecule has 8 rings (SSSR count). The maximum Gasteiger partial charge on any atom is 0.269 e. The maximum atomic E-state index is 15.2. The molecule has 0 radical (unpaired) electrons. The summed E-state index contributed by atoms with van der Waals surface area (Å²) in [5.74, 6) is -2.21. The van der Waals surface area contributed by atoms with Crippen LogP contribution in [0.2, 0.25) is 0 Å². The van der Waals surface area contributed by atoms with Crippen LogP contribution in [-0.2, 0) is 34.1 Å². The van der Waals surface area contributed by atoms with Gasteiger partial charge in [-0.25, -0.2) is 4.39 Å². The van der Waals surface area contributed by atoms with Gasteiger partial charge in [-0.1, -0.05) is 78.7 Å². The van der Waals surface area contributed by atoms with Crippen LogP contribution in [0.15, 0.2) is 151 Å². The number of nitro groups is 1. The standard InChI is InChI=1S/C57H61FN4O9/c1-3-32-69-57-53(61(36-41-18-23-44(58)24-19-41)54(65)29-22-40-20-25-46(26-21-40)62(66)67)35-51(60-70-37-42-13-5-4-6-14-42)49-33-43(15-7-9-30-63)48(17-8-10-31-64)55(56(49)57)50-34-47(27-28-52(50)71-57)68-38-45-16-11-12-39(2)59-45/h3-6,11-14,16,18-29,33-34,43,48,53,55-56,63-64H,1,7-10,15,17,30-32,35-38H2,2H3. The van der Waals surface area contributed by atoms with Crippen LogP contribution in [0.5, 0.6) is 11.5 Å². The molecule has 1 aromatic heterocycles. The van der Waals surface area contributed by atoms with E-state index in [1.807, 2.05) is 73.7 Å². The van der Waals surface area contributed by atoms with Crippen molar-refractivity contribution in [1.29, 1.82) is 0 Å². The van der Waals surface area contributed by atoms with E-state index in [2.05, 4.69) is 17.6 Å². The molecule has 1 amide bonds. The predicted molar refractivity (Wildman–Crippen MR) is 269 cm³/mol. The highest BCUT2D eigenvalue weighted by Crippen LogP contribution is 2.62. The number of hydrogen-bond donors (Lipinski definition) is 2. The van der Waals surface area contributed by atoms with Crippen LogP contribution in [0.25, 0.3) is 6.08 Å². The first-order valence-corrected chi connectivity index (χ1v) is 24.4. The first-order valence-electron chi connectivity index (χ1n) is 24.4. The zero-order valence-electron chi connectivity index (χ0n) is 40.0. The van der Waals surface area contributed by atoms with Crippen LogP contribution in [0.4, 0.5) is 10.1 Å². The van der Waals surface area contributed by atoms with Gasteiger partial charge in [0.2, 0.25) is 11.7 Å². The smallest absolute Gasteiger partial charge is 0.269 e. The number of hydrogen-bond acceptors (Lipinski definition) is 11. The third-order valence-electron chi connectivity index (χ3n) is 13.7. The Kier molecular flexibility index (Phi) is 16.8. The summed E-state index contributed by atoms with van der Waals surface area (Å²) in [6.07, 6.45) is 11.4. The fraction of sp³-hybridized carbons (Fsp3) is 0.351. The first-order chi connectivity index (χ1) is 34.6. The molecule has 71 heavy (non-hydrogen) atoms. The lowest BCUT2D eigenvalue weighted by atomic mass is 9.55. The Morgan fingerprint density at radius 1 is 0.944 bits per heavy atom. The molecular formula is C57H61FN4O9. The van der Waals surface area contributed by atoms with Crippen molar-refractivity contribution >= 4 is 23.4 Å². The van der Waals surface area contributed by atoms with E-state index in [-0.39, 0.29) is 69.4 Å². The summed E-state index contributed by atoms with van der Waals surface area (Å²) in [7, 11) is 0. The largest absolute Gasteiger partial charge is 0.487 e. The van der Waals surface area contributed by atoms with E-state index in [9.17, 15) is 24.7 Å². The summed E-state index contributed by atoms with van der Waals surface area (Å²) < 4.78 is 35.6. The molecule has 0 bridgehead atoms. The van der Waals surface area contributed by atoms with Gasteiger partial charge in [-0.3, -0.25) is 19.9 Å². The summed E-state index contributed by atoms with van der Waals surface area (Å²) in [5, 5.41) is 36.5. The first kappa shape index (κ1) is 50.4. The summed E-state index contributed by atoms with van der Waals surface area (Å²) in [4.78, 5) is 38.8. The van der Waals surface area contributed by atoms with Crippen LogP contribution in [-0.4, -0.2) is 68.3 Å². The monoisotopic (exact) mass is 964 g/mol. The molecule has 1 aliphatic heterocycles. The van der Waals surface area contributed by atoms with Gasteiger partial charge in [-0.05, 0) is 127 Å². The number of ether oxygens (including phenoxy) is 3. The molecule has 1 saturated carbocycles. The SMILES string of the molecule is C=CCOC12Oc3ccc(OCc4cccc(C)n4)cc3C3C(CCCCO)C(CCCCO)C=C(C(=NOCc4ccccc4)CC1N(Cc1ccc(F)cc1)C(=O)C=Cc1ccc([N+](=O)[O-])cc1)C32. The lowest BCUT2D eigenvalue weighted by Crippen LogP contribution is -2.70. The number of aryl methyl sites for hydroxylation is 1. The molecule has 2 aliphatic carbocycles. The van der Waals surface area contributed by atoms with Gasteiger partial charge in [-0.2, -0.15) is 0 Å². The number of non-ortho nitro benzene ring substituents is 1. The number of carbonyl (C=O) groups excluding carboxylic acids is 1. The molecule has 6 atom stereocenters. The summed E-state index contributed by atoms with van der Waals surface area (Å²) in [6.45, 7) is 6.58. The number of fused-ring (bicyclic) bond motifs is 2. The van der Waals surface area contributed by atoms with E-state index in [4.69, 9.17) is 24.2 Å². The fourth-order valence-corrected chi connectivity index (χ4v) is 10.4. The van der Waals surface area contributed by atoms with E-state index in [0.717, 1.165) is 53.8 Å². The number of pyridine rings is 1. The van der Waals surface area contributed by atoms with Crippen molar-refractivity contribution in [3.05, 3.63) is 195 Å². The van der Waals surface area contributed by atoms with Crippen molar-refractivity contribution in [2.24, 2.45) is 22.9 Å². The number of oxime groups is 1. The van der Waals surface area contributed by atoms with Gasteiger partial charge in [-0.15, -0.1) is 6.58 Å². The number of allylic oxidation sites excluding steroid dienone is 1. The number of carbonyl (C=O) groups is 1. The number of rotatable bonds is 23. The Bertz CT molecular complexity index is 2710. The number of benzene rings is 4. The van der Waals surface area contributed by atoms with Crippen molar-refractivity contribution in [3.8, 4) is 11.5 Å². The molecule has 2 heterocycles. The van der Waals surface area contributed by atoms with Gasteiger partial charge in [0, 0.05) is 61.6 Å². The minimum Gasteiger partial charge on any atom is -0.487 e. The normalized spacial score (nSPS) is 21.7. The number of amides is 1. The van der Waals surface area contributed by atoms with E-state index in [0.29, 0.717) is 41.2 Å². The van der Waals surface area contributed by atoms with Crippen LogP contribution in [0.1, 0.15) is 84.5 Å². The number of aliphatic hydroxyl groups excluding tert-OH is 2. The Labute approximate surface area is 414 Å². The molecule has 3 aliphatic rings. The van der Waals surface area contributed by atoms with E-state index >= 15 is 4.79 Å². The zero-order valence-corrected chi connectivity index (χ0v) is 40.0. The average molecular weight is 965 g/mol. The fourth-order valence-electron chi connectivity index (χ4n) is 10.4. The molecular weight excluding hydrogens is 904 g/mol. The average Bonchev–Trinajstić information content (AvgIpc) is 3.38. The molecule has 0 saturated heterocycles. The molecule has 0 spiro atoms. The summed E-state index contributed by atoms with van der Waals surface area (Å²) in [6, 6.07) is 32.4. The highest BCUT2D eigenvalue weighted by Gasteiger charge is 2.65. The number of nitro benzene ring substituents is 1. The Hall–Kier alpha value is -7.00. The maximum absolute atomic E-state index is 15.2. The Balaban J connectivity index is 1.32.